The summed E-state index contributed by atoms with van der Waals surface area (Å²) in [5.41, 5.74) is 4.96. The van der Waals surface area contributed by atoms with Crippen LogP contribution in [0.25, 0.3) is 10.9 Å². The lowest BCUT2D eigenvalue weighted by Crippen LogP contribution is -2.13. The highest BCUT2D eigenvalue weighted by Gasteiger charge is 2.08. The summed E-state index contributed by atoms with van der Waals surface area (Å²) >= 11 is 0. The van der Waals surface area contributed by atoms with Crippen molar-refractivity contribution in [1.29, 1.82) is 0 Å². The minimum Gasteiger partial charge on any atom is -0.307 e. The largest absolute Gasteiger partial charge is 0.307 e. The second kappa shape index (κ2) is 6.10. The molecule has 0 radical (unpaired) electrons. The van der Waals surface area contributed by atoms with Crippen molar-refractivity contribution < 1.29 is 0 Å². The highest BCUT2D eigenvalue weighted by Crippen LogP contribution is 2.18. The van der Waals surface area contributed by atoms with Crippen LogP contribution in [0.1, 0.15) is 23.7 Å². The van der Waals surface area contributed by atoms with E-state index in [-0.39, 0.29) is 0 Å². The molecule has 0 aliphatic carbocycles. The summed E-state index contributed by atoms with van der Waals surface area (Å²) in [5.74, 6) is 0. The molecule has 0 spiro atoms. The van der Waals surface area contributed by atoms with Gasteiger partial charge in [-0.15, -0.1) is 0 Å². The van der Waals surface area contributed by atoms with Crippen molar-refractivity contribution >= 4 is 10.9 Å². The second-order valence-corrected chi connectivity index (χ2v) is 5.37. The molecule has 0 bridgehead atoms. The van der Waals surface area contributed by atoms with Crippen LogP contribution in [0, 0.1) is 6.92 Å². The number of para-hydroxylation sites is 1. The van der Waals surface area contributed by atoms with Gasteiger partial charge in [0.25, 0.3) is 0 Å². The Kier molecular flexibility index (Phi) is 4.02. The Morgan fingerprint density at radius 1 is 1.05 bits per heavy atom. The monoisotopic (exact) mass is 279 g/mol. The zero-order valence-electron chi connectivity index (χ0n) is 12.6. The molecule has 0 saturated carbocycles. The van der Waals surface area contributed by atoms with Crippen LogP contribution in [-0.2, 0) is 19.6 Å². The minimum atomic E-state index is 0.793. The summed E-state index contributed by atoms with van der Waals surface area (Å²) in [5, 5.41) is 9.46. The highest BCUT2D eigenvalue weighted by molar-refractivity contribution is 5.81. The van der Waals surface area contributed by atoms with Crippen LogP contribution < -0.4 is 5.32 Å². The van der Waals surface area contributed by atoms with E-state index in [0.29, 0.717) is 0 Å². The van der Waals surface area contributed by atoms with Gasteiger partial charge in [0.15, 0.2) is 0 Å². The number of aryl methyl sites for hydroxylation is 2. The van der Waals surface area contributed by atoms with Gasteiger partial charge in [0.05, 0.1) is 11.2 Å². The Morgan fingerprint density at radius 2 is 1.90 bits per heavy atom. The second-order valence-electron chi connectivity index (χ2n) is 5.37. The van der Waals surface area contributed by atoms with E-state index in [4.69, 9.17) is 5.10 Å². The molecule has 108 valence electrons. The smallest absolute Gasteiger partial charge is 0.0841 e. The van der Waals surface area contributed by atoms with Gasteiger partial charge in [-0.2, -0.15) is 5.10 Å². The molecule has 2 aromatic carbocycles. The van der Waals surface area contributed by atoms with Crippen LogP contribution in [0.2, 0.25) is 0 Å². The minimum absolute atomic E-state index is 0.793. The van der Waals surface area contributed by atoms with E-state index in [1.807, 2.05) is 0 Å². The molecule has 0 aliphatic heterocycles. The van der Waals surface area contributed by atoms with E-state index in [1.54, 1.807) is 0 Å². The zero-order valence-corrected chi connectivity index (χ0v) is 12.6. The third-order valence-electron chi connectivity index (χ3n) is 3.74. The lowest BCUT2D eigenvalue weighted by atomic mass is 10.1. The van der Waals surface area contributed by atoms with Crippen molar-refractivity contribution in [3.63, 3.8) is 0 Å². The summed E-state index contributed by atoms with van der Waals surface area (Å²) in [6.07, 6.45) is 0. The first-order valence-electron chi connectivity index (χ1n) is 7.48. The van der Waals surface area contributed by atoms with Crippen LogP contribution in [-0.4, -0.2) is 9.78 Å². The maximum absolute atomic E-state index is 4.71. The number of nitrogens with one attached hydrogen (secondary N) is 1. The van der Waals surface area contributed by atoms with Crippen LogP contribution in [0.15, 0.2) is 48.5 Å². The quantitative estimate of drug-likeness (QED) is 0.772. The molecule has 3 rings (SSSR count). The van der Waals surface area contributed by atoms with Crippen molar-refractivity contribution in [2.75, 3.05) is 0 Å². The van der Waals surface area contributed by atoms with E-state index in [9.17, 15) is 0 Å². The van der Waals surface area contributed by atoms with Crippen molar-refractivity contribution in [3.8, 4) is 0 Å². The third kappa shape index (κ3) is 2.98. The van der Waals surface area contributed by atoms with Gasteiger partial charge in [0, 0.05) is 25.0 Å². The number of hydrogen-bond donors (Lipinski definition) is 1. The molecule has 0 unspecified atom stereocenters. The lowest BCUT2D eigenvalue weighted by Gasteiger charge is -2.04. The molecule has 0 aliphatic rings. The molecule has 21 heavy (non-hydrogen) atoms. The average Bonchev–Trinajstić information content (AvgIpc) is 2.86. The molecule has 1 heterocycles. The summed E-state index contributed by atoms with van der Waals surface area (Å²) in [4.78, 5) is 0. The Morgan fingerprint density at radius 3 is 2.71 bits per heavy atom. The number of aromatic nitrogens is 2. The maximum Gasteiger partial charge on any atom is 0.0841 e. The van der Waals surface area contributed by atoms with Gasteiger partial charge in [0.1, 0.15) is 0 Å². The van der Waals surface area contributed by atoms with Crippen molar-refractivity contribution in [3.05, 3.63) is 65.4 Å². The van der Waals surface area contributed by atoms with Crippen LogP contribution in [0.4, 0.5) is 0 Å². The zero-order chi connectivity index (χ0) is 14.7. The molecular weight excluding hydrogens is 258 g/mol. The van der Waals surface area contributed by atoms with E-state index in [0.717, 1.165) is 25.3 Å². The van der Waals surface area contributed by atoms with E-state index in [2.05, 4.69) is 72.4 Å². The molecule has 3 aromatic rings. The van der Waals surface area contributed by atoms with Gasteiger partial charge < -0.3 is 5.32 Å². The first-order chi connectivity index (χ1) is 10.3. The summed E-state index contributed by atoms with van der Waals surface area (Å²) in [6.45, 7) is 6.82. The predicted octanol–water partition coefficient (Wildman–Crippen LogP) is 3.65. The highest BCUT2D eigenvalue weighted by atomic mass is 15.3. The predicted molar refractivity (Wildman–Crippen MR) is 87.1 cm³/mol. The van der Waals surface area contributed by atoms with Crippen molar-refractivity contribution in [1.82, 2.24) is 15.1 Å². The molecule has 3 nitrogen and oxygen atoms in total. The summed E-state index contributed by atoms with van der Waals surface area (Å²) < 4.78 is 2.07. The number of rotatable bonds is 5. The Balaban J connectivity index is 1.73. The van der Waals surface area contributed by atoms with Crippen LogP contribution in [0.3, 0.4) is 0 Å². The van der Waals surface area contributed by atoms with Crippen molar-refractivity contribution in [2.45, 2.75) is 33.5 Å². The average molecular weight is 279 g/mol. The summed E-state index contributed by atoms with van der Waals surface area (Å²) in [7, 11) is 0. The first kappa shape index (κ1) is 13.8. The standard InChI is InChI=1S/C18H21N3/c1-3-21-18-10-5-4-9-16(18)17(20-21)13-19-12-15-8-6-7-14(2)11-15/h4-11,19H,3,12-13H2,1-2H3. The SMILES string of the molecule is CCn1nc(CNCc2cccc(C)c2)c2ccccc21. The number of nitrogens with zero attached hydrogens (tertiary/aromatic N) is 2. The van der Waals surface area contributed by atoms with Crippen LogP contribution in [0.5, 0.6) is 0 Å². The number of fused-ring (bicyclic) bond motifs is 1. The molecule has 3 heteroatoms. The normalized spacial score (nSPS) is 11.1. The third-order valence-corrected chi connectivity index (χ3v) is 3.74. The van der Waals surface area contributed by atoms with Crippen LogP contribution >= 0.6 is 0 Å². The Hall–Kier alpha value is -2.13. The number of benzene rings is 2. The maximum atomic E-state index is 4.71. The van der Waals surface area contributed by atoms with Crippen molar-refractivity contribution in [2.24, 2.45) is 0 Å². The van der Waals surface area contributed by atoms with E-state index < -0.39 is 0 Å². The Bertz CT molecular complexity index is 743. The fourth-order valence-electron chi connectivity index (χ4n) is 2.72. The lowest BCUT2D eigenvalue weighted by molar-refractivity contribution is 0.631. The Labute approximate surface area is 125 Å². The summed E-state index contributed by atoms with van der Waals surface area (Å²) in [6, 6.07) is 17.0. The first-order valence-corrected chi connectivity index (χ1v) is 7.48. The molecule has 1 aromatic heterocycles. The van der Waals surface area contributed by atoms with Gasteiger partial charge in [-0.25, -0.2) is 0 Å². The van der Waals surface area contributed by atoms with E-state index in [1.165, 1.54) is 22.0 Å². The molecular formula is C18H21N3. The van der Waals surface area contributed by atoms with E-state index >= 15 is 0 Å². The van der Waals surface area contributed by atoms with Gasteiger partial charge in [-0.1, -0.05) is 48.0 Å². The molecule has 0 amide bonds. The van der Waals surface area contributed by atoms with Gasteiger partial charge >= 0.3 is 0 Å². The van der Waals surface area contributed by atoms with Gasteiger partial charge in [-0.05, 0) is 25.5 Å². The fraction of sp³-hybridized carbons (Fsp3) is 0.278. The fourth-order valence-corrected chi connectivity index (χ4v) is 2.72. The molecule has 0 fully saturated rings. The van der Waals surface area contributed by atoms with Gasteiger partial charge in [-0.3, -0.25) is 4.68 Å². The molecule has 1 N–H and O–H groups in total. The molecule has 0 atom stereocenters. The van der Waals surface area contributed by atoms with Gasteiger partial charge in [0.2, 0.25) is 0 Å². The molecule has 0 saturated heterocycles. The topological polar surface area (TPSA) is 29.9 Å². The number of hydrogen-bond acceptors (Lipinski definition) is 2.